The fourth-order valence-electron chi connectivity index (χ4n) is 2.99. The lowest BCUT2D eigenvalue weighted by atomic mass is 9.93. The van der Waals surface area contributed by atoms with Crippen molar-refractivity contribution in [2.75, 3.05) is 0 Å². The number of amides is 1. The number of phenolic OH excluding ortho intramolecular Hbond substituents is 2. The van der Waals surface area contributed by atoms with E-state index < -0.39 is 11.9 Å². The van der Waals surface area contributed by atoms with Gasteiger partial charge in [-0.05, 0) is 71.1 Å². The summed E-state index contributed by atoms with van der Waals surface area (Å²) in [5.74, 6) is -0.583. The maximum atomic E-state index is 12.1. The van der Waals surface area contributed by atoms with E-state index in [-0.39, 0.29) is 11.5 Å². The monoisotopic (exact) mass is 387 g/mol. The predicted octanol–water partition coefficient (Wildman–Crippen LogP) is 3.84. The van der Waals surface area contributed by atoms with E-state index in [0.717, 1.165) is 27.8 Å². The second-order valence-corrected chi connectivity index (χ2v) is 6.60. The molecule has 29 heavy (non-hydrogen) atoms. The van der Waals surface area contributed by atoms with Gasteiger partial charge in [0, 0.05) is 5.57 Å². The highest BCUT2D eigenvalue weighted by Gasteiger charge is 2.11. The first kappa shape index (κ1) is 19.7. The third kappa shape index (κ3) is 4.81. The molecular weight excluding hydrogens is 366 g/mol. The zero-order valence-electron chi connectivity index (χ0n) is 15.8. The van der Waals surface area contributed by atoms with Gasteiger partial charge in [0.2, 0.25) is 0 Å². The summed E-state index contributed by atoms with van der Waals surface area (Å²) >= 11 is 0. The molecule has 0 aliphatic heterocycles. The lowest BCUT2D eigenvalue weighted by molar-refractivity contribution is -0.116. The molecule has 0 unspecified atom stereocenters. The number of aromatic hydroxyl groups is 2. The SMILES string of the molecule is C/C(=C\c1ccc(-c2cccc(O)c2)cc1-c1cccc(O)c1)C(=O)NC(=N)N. The van der Waals surface area contributed by atoms with Gasteiger partial charge < -0.3 is 15.9 Å². The summed E-state index contributed by atoms with van der Waals surface area (Å²) < 4.78 is 0. The van der Waals surface area contributed by atoms with Crippen molar-refractivity contribution in [3.63, 3.8) is 0 Å². The molecule has 146 valence electrons. The zero-order chi connectivity index (χ0) is 21.0. The summed E-state index contributed by atoms with van der Waals surface area (Å²) in [5.41, 5.74) is 9.67. The van der Waals surface area contributed by atoms with Crippen LogP contribution in [0.3, 0.4) is 0 Å². The topological polar surface area (TPSA) is 119 Å². The van der Waals surface area contributed by atoms with Crippen molar-refractivity contribution in [2.45, 2.75) is 6.92 Å². The predicted molar refractivity (Wildman–Crippen MR) is 114 cm³/mol. The first-order chi connectivity index (χ1) is 13.8. The van der Waals surface area contributed by atoms with E-state index in [1.165, 1.54) is 0 Å². The Morgan fingerprint density at radius 1 is 0.931 bits per heavy atom. The molecule has 3 rings (SSSR count). The Kier molecular flexibility index (Phi) is 5.64. The largest absolute Gasteiger partial charge is 0.508 e. The number of hydrogen-bond acceptors (Lipinski definition) is 4. The van der Waals surface area contributed by atoms with Gasteiger partial charge in [0.05, 0.1) is 0 Å². The van der Waals surface area contributed by atoms with Crippen LogP contribution in [0.1, 0.15) is 12.5 Å². The molecule has 1 amide bonds. The lowest BCUT2D eigenvalue weighted by Crippen LogP contribution is -2.36. The molecule has 0 heterocycles. The Morgan fingerprint density at radius 3 is 2.14 bits per heavy atom. The second-order valence-electron chi connectivity index (χ2n) is 6.60. The molecule has 6 heteroatoms. The summed E-state index contributed by atoms with van der Waals surface area (Å²) in [6.45, 7) is 1.63. The van der Waals surface area contributed by atoms with Crippen molar-refractivity contribution in [1.29, 1.82) is 5.41 Å². The number of phenols is 2. The maximum Gasteiger partial charge on any atom is 0.253 e. The summed E-state index contributed by atoms with van der Waals surface area (Å²) in [6, 6.07) is 19.5. The average molecular weight is 387 g/mol. The Balaban J connectivity index is 2.13. The van der Waals surface area contributed by atoms with Gasteiger partial charge in [-0.3, -0.25) is 15.5 Å². The first-order valence-electron chi connectivity index (χ1n) is 8.90. The van der Waals surface area contributed by atoms with Crippen molar-refractivity contribution >= 4 is 17.9 Å². The normalized spacial score (nSPS) is 11.1. The molecule has 0 radical (unpaired) electrons. The number of rotatable bonds is 4. The molecule has 0 fully saturated rings. The van der Waals surface area contributed by atoms with Crippen LogP contribution in [-0.4, -0.2) is 22.1 Å². The molecule has 0 aliphatic rings. The van der Waals surface area contributed by atoms with Crippen LogP contribution >= 0.6 is 0 Å². The quantitative estimate of drug-likeness (QED) is 0.265. The van der Waals surface area contributed by atoms with Crippen LogP contribution in [0.5, 0.6) is 11.5 Å². The van der Waals surface area contributed by atoms with Crippen LogP contribution < -0.4 is 11.1 Å². The molecule has 6 nitrogen and oxygen atoms in total. The van der Waals surface area contributed by atoms with Gasteiger partial charge in [-0.1, -0.05) is 36.4 Å². The average Bonchev–Trinajstić information content (AvgIpc) is 2.67. The molecule has 0 saturated heterocycles. The standard InChI is InChI=1S/C23H21N3O3/c1-14(22(29)26-23(24)25)10-18-9-8-16(15-4-2-6-19(27)11-15)13-21(18)17-5-3-7-20(28)12-17/h2-13,27-28H,1H3,(H4,24,25,26,29)/b14-10+. The first-order valence-corrected chi connectivity index (χ1v) is 8.90. The van der Waals surface area contributed by atoms with Crippen molar-refractivity contribution in [3.05, 3.63) is 77.9 Å². The van der Waals surface area contributed by atoms with Crippen LogP contribution in [0.4, 0.5) is 0 Å². The number of nitrogens with one attached hydrogen (secondary N) is 2. The van der Waals surface area contributed by atoms with Gasteiger partial charge in [-0.25, -0.2) is 0 Å². The molecule has 0 bridgehead atoms. The van der Waals surface area contributed by atoms with Crippen LogP contribution in [0.25, 0.3) is 28.3 Å². The van der Waals surface area contributed by atoms with E-state index in [9.17, 15) is 15.0 Å². The van der Waals surface area contributed by atoms with E-state index in [1.54, 1.807) is 49.4 Å². The molecule has 0 spiro atoms. The van der Waals surface area contributed by atoms with Crippen molar-refractivity contribution in [3.8, 4) is 33.8 Å². The van der Waals surface area contributed by atoms with Gasteiger partial charge in [-0.2, -0.15) is 0 Å². The highest BCUT2D eigenvalue weighted by atomic mass is 16.3. The summed E-state index contributed by atoms with van der Waals surface area (Å²) in [6.07, 6.45) is 1.70. The van der Waals surface area contributed by atoms with E-state index in [2.05, 4.69) is 5.32 Å². The highest BCUT2D eigenvalue weighted by molar-refractivity contribution is 6.06. The zero-order valence-corrected chi connectivity index (χ0v) is 15.8. The van der Waals surface area contributed by atoms with Gasteiger partial charge in [0.1, 0.15) is 11.5 Å². The van der Waals surface area contributed by atoms with Gasteiger partial charge in [0.25, 0.3) is 5.91 Å². The fraction of sp³-hybridized carbons (Fsp3) is 0.0435. The molecule has 0 aliphatic carbocycles. The molecule has 0 aromatic heterocycles. The fourth-order valence-corrected chi connectivity index (χ4v) is 2.99. The van der Waals surface area contributed by atoms with E-state index in [1.807, 2.05) is 30.3 Å². The second kappa shape index (κ2) is 8.31. The van der Waals surface area contributed by atoms with Crippen LogP contribution in [-0.2, 0) is 4.79 Å². The van der Waals surface area contributed by atoms with Crippen LogP contribution in [0, 0.1) is 5.41 Å². The van der Waals surface area contributed by atoms with Gasteiger partial charge >= 0.3 is 0 Å². The highest BCUT2D eigenvalue weighted by Crippen LogP contribution is 2.33. The minimum atomic E-state index is -0.462. The summed E-state index contributed by atoms with van der Waals surface area (Å²) in [7, 11) is 0. The number of guanidine groups is 1. The molecule has 0 saturated carbocycles. The molecule has 0 atom stereocenters. The Morgan fingerprint density at radius 2 is 1.52 bits per heavy atom. The number of carbonyl (C=O) groups excluding carboxylic acids is 1. The maximum absolute atomic E-state index is 12.1. The molecule has 6 N–H and O–H groups in total. The van der Waals surface area contributed by atoms with Crippen molar-refractivity contribution in [2.24, 2.45) is 5.73 Å². The Hall–Kier alpha value is -4.06. The third-order valence-corrected chi connectivity index (χ3v) is 4.37. The van der Waals surface area contributed by atoms with E-state index in [4.69, 9.17) is 11.1 Å². The van der Waals surface area contributed by atoms with Gasteiger partial charge in [0.15, 0.2) is 5.96 Å². The third-order valence-electron chi connectivity index (χ3n) is 4.37. The number of hydrogen-bond donors (Lipinski definition) is 5. The number of nitrogens with two attached hydrogens (primary N) is 1. The minimum Gasteiger partial charge on any atom is -0.508 e. The van der Waals surface area contributed by atoms with Crippen LogP contribution in [0.15, 0.2) is 72.3 Å². The summed E-state index contributed by atoms with van der Waals surface area (Å²) in [5, 5.41) is 29.2. The molecular formula is C23H21N3O3. The van der Waals surface area contributed by atoms with E-state index >= 15 is 0 Å². The lowest BCUT2D eigenvalue weighted by Gasteiger charge is -2.12. The van der Waals surface area contributed by atoms with Crippen molar-refractivity contribution in [1.82, 2.24) is 5.32 Å². The van der Waals surface area contributed by atoms with Crippen molar-refractivity contribution < 1.29 is 15.0 Å². The Labute approximate surface area is 168 Å². The minimum absolute atomic E-state index is 0.131. The molecule has 3 aromatic rings. The smallest absolute Gasteiger partial charge is 0.253 e. The Bertz CT molecular complexity index is 1120. The van der Waals surface area contributed by atoms with Gasteiger partial charge in [-0.15, -0.1) is 0 Å². The van der Waals surface area contributed by atoms with E-state index in [0.29, 0.717) is 5.57 Å². The molecule has 3 aromatic carbocycles. The summed E-state index contributed by atoms with van der Waals surface area (Å²) in [4.78, 5) is 12.1. The number of carbonyl (C=O) groups is 1. The van der Waals surface area contributed by atoms with Crippen LogP contribution in [0.2, 0.25) is 0 Å². The number of benzene rings is 3.